The normalized spacial score (nSPS) is 11.7. The van der Waals surface area contributed by atoms with E-state index in [2.05, 4.69) is 15.0 Å². The van der Waals surface area contributed by atoms with Crippen molar-refractivity contribution < 1.29 is 14.3 Å². The molecular weight excluding hydrogens is 353 g/mol. The van der Waals surface area contributed by atoms with Gasteiger partial charge in [0.2, 0.25) is 0 Å². The number of methoxy groups -OCH3 is 1. The Morgan fingerprint density at radius 2 is 1.79 bits per heavy atom. The van der Waals surface area contributed by atoms with Crippen LogP contribution in [0.3, 0.4) is 0 Å². The van der Waals surface area contributed by atoms with Crippen molar-refractivity contribution in [1.29, 1.82) is 0 Å². The number of nitrogens with two attached hydrogens (primary N) is 1. The van der Waals surface area contributed by atoms with Crippen molar-refractivity contribution in [3.05, 3.63) is 57.8 Å². The maximum Gasteiger partial charge on any atom is 0.322 e. The van der Waals surface area contributed by atoms with Gasteiger partial charge in [0.25, 0.3) is 5.91 Å². The molecule has 1 amide bonds. The molecule has 1 aromatic carbocycles. The fourth-order valence-electron chi connectivity index (χ4n) is 2.03. The minimum absolute atomic E-state index is 0.158. The molecule has 24 heavy (non-hydrogen) atoms. The molecule has 0 aliphatic heterocycles. The van der Waals surface area contributed by atoms with Crippen LogP contribution in [-0.4, -0.2) is 30.0 Å². The number of ether oxygens (including phenoxy) is 1. The Morgan fingerprint density at radius 1 is 1.21 bits per heavy atom. The molecule has 0 fully saturated rings. The zero-order chi connectivity index (χ0) is 17.7. The van der Waals surface area contributed by atoms with E-state index in [9.17, 15) is 9.59 Å². The molecule has 1 atom stereocenters. The summed E-state index contributed by atoms with van der Waals surface area (Å²) in [6.07, 6.45) is 3.03. The van der Waals surface area contributed by atoms with E-state index in [1.54, 1.807) is 24.3 Å². The largest absolute Gasteiger partial charge is 0.468 e. The van der Waals surface area contributed by atoms with Crippen LogP contribution in [0, 0.1) is 0 Å². The molecule has 0 aliphatic carbocycles. The molecule has 0 saturated carbocycles. The van der Waals surface area contributed by atoms with E-state index in [4.69, 9.17) is 28.9 Å². The molecule has 126 valence electrons. The quantitative estimate of drug-likeness (QED) is 0.792. The fraction of sp³-hybridized carbons (Fsp3) is 0.188. The van der Waals surface area contributed by atoms with Gasteiger partial charge in [-0.1, -0.05) is 35.3 Å². The van der Waals surface area contributed by atoms with Crippen LogP contribution in [0.15, 0.2) is 36.7 Å². The van der Waals surface area contributed by atoms with E-state index in [1.165, 1.54) is 19.5 Å². The SMILES string of the molecule is COC(=O)C(N)Cc1ccc(NC(=O)c2c(Cl)cncc2Cl)cc1. The monoisotopic (exact) mass is 367 g/mol. The number of amides is 1. The third-order valence-electron chi connectivity index (χ3n) is 3.25. The lowest BCUT2D eigenvalue weighted by atomic mass is 10.1. The maximum atomic E-state index is 12.3. The maximum absolute atomic E-state index is 12.3. The van der Waals surface area contributed by atoms with Gasteiger partial charge in [0.1, 0.15) is 6.04 Å². The Hall–Kier alpha value is -2.15. The number of pyridine rings is 1. The summed E-state index contributed by atoms with van der Waals surface area (Å²) in [5.74, 6) is -0.916. The van der Waals surface area contributed by atoms with Crippen molar-refractivity contribution in [3.8, 4) is 0 Å². The Balaban J connectivity index is 2.06. The zero-order valence-corrected chi connectivity index (χ0v) is 14.3. The van der Waals surface area contributed by atoms with Crippen molar-refractivity contribution in [2.45, 2.75) is 12.5 Å². The van der Waals surface area contributed by atoms with Crippen LogP contribution in [0.2, 0.25) is 10.0 Å². The molecule has 1 unspecified atom stereocenters. The molecule has 2 rings (SSSR count). The van der Waals surface area contributed by atoms with Crippen LogP contribution in [-0.2, 0) is 16.0 Å². The standard InChI is InChI=1S/C16H15Cl2N3O3/c1-24-16(23)13(19)6-9-2-4-10(5-3-9)21-15(22)14-11(17)7-20-8-12(14)18/h2-5,7-8,13H,6,19H2,1H3,(H,21,22). The highest BCUT2D eigenvalue weighted by molar-refractivity contribution is 6.40. The lowest BCUT2D eigenvalue weighted by Gasteiger charge is -2.11. The average Bonchev–Trinajstić information content (AvgIpc) is 2.55. The van der Waals surface area contributed by atoms with Crippen molar-refractivity contribution in [2.24, 2.45) is 5.73 Å². The number of esters is 1. The second-order valence-corrected chi connectivity index (χ2v) is 5.78. The van der Waals surface area contributed by atoms with Gasteiger partial charge in [-0.3, -0.25) is 14.6 Å². The number of benzene rings is 1. The summed E-state index contributed by atoms with van der Waals surface area (Å²) in [6, 6.07) is 6.17. The first kappa shape index (κ1) is 18.2. The summed E-state index contributed by atoms with van der Waals surface area (Å²) in [5, 5.41) is 3.03. The van der Waals surface area contributed by atoms with Gasteiger partial charge in [0.05, 0.1) is 22.7 Å². The summed E-state index contributed by atoms with van der Waals surface area (Å²) in [7, 11) is 1.29. The Bertz CT molecular complexity index is 730. The van der Waals surface area contributed by atoms with Crippen LogP contribution in [0.4, 0.5) is 5.69 Å². The molecule has 8 heteroatoms. The second kappa shape index (κ2) is 8.10. The summed E-state index contributed by atoms with van der Waals surface area (Å²) in [6.45, 7) is 0. The molecule has 0 radical (unpaired) electrons. The summed E-state index contributed by atoms with van der Waals surface area (Å²) < 4.78 is 4.58. The predicted octanol–water partition coefficient (Wildman–Crippen LogP) is 2.68. The van der Waals surface area contributed by atoms with E-state index in [0.717, 1.165) is 5.56 Å². The van der Waals surface area contributed by atoms with E-state index in [1.807, 2.05) is 0 Å². The summed E-state index contributed by atoms with van der Waals surface area (Å²) >= 11 is 11.9. The number of aromatic nitrogens is 1. The summed E-state index contributed by atoms with van der Waals surface area (Å²) in [4.78, 5) is 27.4. The van der Waals surface area contributed by atoms with Gasteiger partial charge in [-0.15, -0.1) is 0 Å². The number of nitrogens with zero attached hydrogens (tertiary/aromatic N) is 1. The minimum Gasteiger partial charge on any atom is -0.468 e. The van der Waals surface area contributed by atoms with E-state index in [-0.39, 0.29) is 15.6 Å². The number of anilines is 1. The number of nitrogens with one attached hydrogen (secondary N) is 1. The molecular formula is C16H15Cl2N3O3. The van der Waals surface area contributed by atoms with Crippen LogP contribution in [0.25, 0.3) is 0 Å². The van der Waals surface area contributed by atoms with Crippen molar-refractivity contribution in [1.82, 2.24) is 4.98 Å². The topological polar surface area (TPSA) is 94.3 Å². The highest BCUT2D eigenvalue weighted by Crippen LogP contribution is 2.24. The highest BCUT2D eigenvalue weighted by Gasteiger charge is 2.16. The molecule has 1 aromatic heterocycles. The average molecular weight is 368 g/mol. The van der Waals surface area contributed by atoms with E-state index < -0.39 is 17.9 Å². The van der Waals surface area contributed by atoms with Crippen LogP contribution < -0.4 is 11.1 Å². The number of carbonyl (C=O) groups is 2. The first-order valence-corrected chi connectivity index (χ1v) is 7.70. The highest BCUT2D eigenvalue weighted by atomic mass is 35.5. The van der Waals surface area contributed by atoms with Gasteiger partial charge >= 0.3 is 5.97 Å². The molecule has 0 spiro atoms. The van der Waals surface area contributed by atoms with Gasteiger partial charge in [-0.05, 0) is 24.1 Å². The van der Waals surface area contributed by atoms with Crippen molar-refractivity contribution >= 4 is 40.8 Å². The van der Waals surface area contributed by atoms with Gasteiger partial charge in [-0.25, -0.2) is 0 Å². The molecule has 2 aromatic rings. The van der Waals surface area contributed by atoms with Crippen molar-refractivity contribution in [2.75, 3.05) is 12.4 Å². The van der Waals surface area contributed by atoms with Crippen molar-refractivity contribution in [3.63, 3.8) is 0 Å². The lowest BCUT2D eigenvalue weighted by molar-refractivity contribution is -0.142. The number of halogens is 2. The Morgan fingerprint density at radius 3 is 2.33 bits per heavy atom. The Labute approximate surface area is 148 Å². The van der Waals surface area contributed by atoms with Gasteiger partial charge in [0.15, 0.2) is 0 Å². The third-order valence-corrected chi connectivity index (χ3v) is 3.82. The van der Waals surface area contributed by atoms with Gasteiger partial charge in [-0.2, -0.15) is 0 Å². The molecule has 0 aliphatic rings. The predicted molar refractivity (Wildman–Crippen MR) is 92.3 cm³/mol. The first-order chi connectivity index (χ1) is 11.4. The van der Waals surface area contributed by atoms with Gasteiger partial charge in [0, 0.05) is 18.1 Å². The third kappa shape index (κ3) is 4.44. The number of carbonyl (C=O) groups excluding carboxylic acids is 2. The molecule has 0 saturated heterocycles. The summed E-state index contributed by atoms with van der Waals surface area (Å²) in [5.41, 5.74) is 7.26. The minimum atomic E-state index is -0.732. The van der Waals surface area contributed by atoms with Gasteiger partial charge < -0.3 is 15.8 Å². The molecule has 0 bridgehead atoms. The van der Waals surface area contributed by atoms with E-state index >= 15 is 0 Å². The number of hydrogen-bond donors (Lipinski definition) is 2. The van der Waals surface area contributed by atoms with E-state index in [0.29, 0.717) is 12.1 Å². The Kier molecular flexibility index (Phi) is 6.14. The lowest BCUT2D eigenvalue weighted by Crippen LogP contribution is -2.33. The number of rotatable bonds is 5. The van der Waals surface area contributed by atoms with Crippen LogP contribution in [0.5, 0.6) is 0 Å². The zero-order valence-electron chi connectivity index (χ0n) is 12.8. The van der Waals surface area contributed by atoms with Crippen LogP contribution >= 0.6 is 23.2 Å². The fourth-order valence-corrected chi connectivity index (χ4v) is 2.57. The molecule has 3 N–H and O–H groups in total. The molecule has 1 heterocycles. The van der Waals surface area contributed by atoms with Crippen LogP contribution in [0.1, 0.15) is 15.9 Å². The first-order valence-electron chi connectivity index (χ1n) is 6.95. The molecule has 6 nitrogen and oxygen atoms in total. The smallest absolute Gasteiger partial charge is 0.322 e. The number of hydrogen-bond acceptors (Lipinski definition) is 5. The second-order valence-electron chi connectivity index (χ2n) is 4.96.